The monoisotopic (exact) mass is 415 g/mol. The molecule has 0 saturated carbocycles. The molecule has 0 atom stereocenters. The molecule has 154 valence electrons. The Balaban J connectivity index is 1.77. The zero-order valence-corrected chi connectivity index (χ0v) is 17.5. The van der Waals surface area contributed by atoms with Gasteiger partial charge in [0.25, 0.3) is 11.8 Å². The Morgan fingerprint density at radius 2 is 1.69 bits per heavy atom. The van der Waals surface area contributed by atoms with Gasteiger partial charge in [0.1, 0.15) is 11.5 Å². The van der Waals surface area contributed by atoms with Gasteiger partial charge in [0, 0.05) is 5.56 Å². The molecule has 0 fully saturated rings. The van der Waals surface area contributed by atoms with Gasteiger partial charge < -0.3 is 9.47 Å². The number of hydrogen-bond donors (Lipinski definition) is 3. The summed E-state index contributed by atoms with van der Waals surface area (Å²) in [7, 11) is 0. The molecule has 0 aromatic heterocycles. The third-order valence-corrected chi connectivity index (χ3v) is 3.88. The lowest BCUT2D eigenvalue weighted by Gasteiger charge is -2.12. The first-order chi connectivity index (χ1) is 13.9. The minimum Gasteiger partial charge on any atom is -0.494 e. The van der Waals surface area contributed by atoms with Crippen molar-refractivity contribution >= 4 is 29.1 Å². The van der Waals surface area contributed by atoms with Crippen LogP contribution in [0.15, 0.2) is 42.5 Å². The van der Waals surface area contributed by atoms with Crippen molar-refractivity contribution in [1.29, 1.82) is 0 Å². The van der Waals surface area contributed by atoms with Crippen LogP contribution in [-0.2, 0) is 4.79 Å². The lowest BCUT2D eigenvalue weighted by Crippen LogP contribution is -2.49. The van der Waals surface area contributed by atoms with Gasteiger partial charge in [-0.25, -0.2) is 0 Å². The van der Waals surface area contributed by atoms with Gasteiger partial charge in [-0.1, -0.05) is 19.1 Å². The lowest BCUT2D eigenvalue weighted by atomic mass is 10.1. The largest absolute Gasteiger partial charge is 0.494 e. The summed E-state index contributed by atoms with van der Waals surface area (Å²) in [5.41, 5.74) is 7.35. The van der Waals surface area contributed by atoms with Crippen molar-refractivity contribution in [3.8, 4) is 11.5 Å². The summed E-state index contributed by atoms with van der Waals surface area (Å²) in [4.78, 5) is 24.2. The molecule has 8 heteroatoms. The van der Waals surface area contributed by atoms with E-state index in [1.54, 1.807) is 24.3 Å². The van der Waals surface area contributed by atoms with Gasteiger partial charge in [0.05, 0.1) is 6.61 Å². The van der Waals surface area contributed by atoms with Crippen LogP contribution in [0.25, 0.3) is 0 Å². The fraction of sp³-hybridized carbons (Fsp3) is 0.286. The predicted octanol–water partition coefficient (Wildman–Crippen LogP) is 2.81. The van der Waals surface area contributed by atoms with Gasteiger partial charge >= 0.3 is 0 Å². The smallest absolute Gasteiger partial charge is 0.276 e. The number of benzene rings is 2. The van der Waals surface area contributed by atoms with Crippen LogP contribution < -0.4 is 25.6 Å². The zero-order valence-electron chi connectivity index (χ0n) is 16.7. The summed E-state index contributed by atoms with van der Waals surface area (Å²) in [6.45, 7) is 6.29. The Morgan fingerprint density at radius 3 is 2.38 bits per heavy atom. The molecule has 29 heavy (non-hydrogen) atoms. The molecule has 0 radical (unpaired) electrons. The molecule has 2 aromatic rings. The number of thiocarbonyl (C=S) groups is 1. The van der Waals surface area contributed by atoms with E-state index in [0.717, 1.165) is 17.5 Å². The van der Waals surface area contributed by atoms with Crippen molar-refractivity contribution in [2.45, 2.75) is 27.2 Å². The molecule has 0 aliphatic rings. The highest BCUT2D eigenvalue weighted by molar-refractivity contribution is 7.80. The summed E-state index contributed by atoms with van der Waals surface area (Å²) < 4.78 is 11.0. The minimum absolute atomic E-state index is 0.0328. The fourth-order valence-electron chi connectivity index (χ4n) is 2.48. The number of hydrazine groups is 1. The van der Waals surface area contributed by atoms with Crippen LogP contribution in [0.2, 0.25) is 0 Å². The minimum atomic E-state index is -0.435. The van der Waals surface area contributed by atoms with Gasteiger partial charge in [-0.05, 0) is 73.9 Å². The molecule has 0 spiro atoms. The second kappa shape index (κ2) is 11.0. The standard InChI is InChI=1S/C21H25N3O4S/c1-4-8-27-17-7-5-6-16(12-17)20(26)22-21(29)24-23-19(25)13-28-18-10-14(2)9-15(3)11-18/h5-7,9-12H,4,8,13H2,1-3H3,(H,23,25)(H2,22,24,26,29). The van der Waals surface area contributed by atoms with Crippen LogP contribution in [0.1, 0.15) is 34.8 Å². The third-order valence-electron chi connectivity index (χ3n) is 3.68. The molecule has 3 N–H and O–H groups in total. The van der Waals surface area contributed by atoms with E-state index >= 15 is 0 Å². The van der Waals surface area contributed by atoms with Crippen LogP contribution in [0.3, 0.4) is 0 Å². The topological polar surface area (TPSA) is 88.7 Å². The maximum Gasteiger partial charge on any atom is 0.276 e. The molecule has 2 amide bonds. The number of aryl methyl sites for hydroxylation is 2. The van der Waals surface area contributed by atoms with E-state index in [1.165, 1.54) is 0 Å². The fourth-order valence-corrected chi connectivity index (χ4v) is 2.62. The van der Waals surface area contributed by atoms with Crippen molar-refractivity contribution in [2.24, 2.45) is 0 Å². The summed E-state index contributed by atoms with van der Waals surface area (Å²) in [6, 6.07) is 12.5. The maximum absolute atomic E-state index is 12.3. The van der Waals surface area contributed by atoms with E-state index in [9.17, 15) is 9.59 Å². The van der Waals surface area contributed by atoms with Crippen molar-refractivity contribution in [3.05, 3.63) is 59.2 Å². The quantitative estimate of drug-likeness (QED) is 0.476. The lowest BCUT2D eigenvalue weighted by molar-refractivity contribution is -0.123. The molecule has 0 aliphatic heterocycles. The van der Waals surface area contributed by atoms with Crippen LogP contribution in [-0.4, -0.2) is 30.1 Å². The van der Waals surface area contributed by atoms with E-state index in [0.29, 0.717) is 23.7 Å². The first kappa shape index (κ1) is 22.2. The molecule has 2 rings (SSSR count). The van der Waals surface area contributed by atoms with Gasteiger partial charge in [-0.3, -0.25) is 25.8 Å². The molecular formula is C21H25N3O4S. The van der Waals surface area contributed by atoms with E-state index in [4.69, 9.17) is 21.7 Å². The number of rotatable bonds is 7. The zero-order chi connectivity index (χ0) is 21.2. The molecule has 0 aliphatic carbocycles. The number of carbonyl (C=O) groups is 2. The Bertz CT molecular complexity index is 866. The van der Waals surface area contributed by atoms with Crippen LogP contribution in [0.5, 0.6) is 11.5 Å². The number of carbonyl (C=O) groups excluding carboxylic acids is 2. The molecule has 0 unspecified atom stereocenters. The first-order valence-corrected chi connectivity index (χ1v) is 9.62. The second-order valence-electron chi connectivity index (χ2n) is 6.44. The molecule has 0 bridgehead atoms. The predicted molar refractivity (Wildman–Crippen MR) is 115 cm³/mol. The molecule has 2 aromatic carbocycles. The molecular weight excluding hydrogens is 390 g/mol. The SMILES string of the molecule is CCCOc1cccc(C(=O)NC(=S)NNC(=O)COc2cc(C)cc(C)c2)c1. The molecule has 0 saturated heterocycles. The van der Waals surface area contributed by atoms with Gasteiger partial charge in [0.15, 0.2) is 11.7 Å². The number of hydrogen-bond acceptors (Lipinski definition) is 5. The second-order valence-corrected chi connectivity index (χ2v) is 6.85. The number of amides is 2. The average molecular weight is 416 g/mol. The van der Waals surface area contributed by atoms with E-state index in [-0.39, 0.29) is 11.7 Å². The van der Waals surface area contributed by atoms with Gasteiger partial charge in [0.2, 0.25) is 0 Å². The summed E-state index contributed by atoms with van der Waals surface area (Å²) in [6.07, 6.45) is 0.872. The summed E-state index contributed by atoms with van der Waals surface area (Å²) in [5, 5.41) is 2.46. The highest BCUT2D eigenvalue weighted by Gasteiger charge is 2.10. The number of ether oxygens (including phenoxy) is 2. The highest BCUT2D eigenvalue weighted by Crippen LogP contribution is 2.16. The Morgan fingerprint density at radius 1 is 0.966 bits per heavy atom. The van der Waals surface area contributed by atoms with Crippen LogP contribution in [0, 0.1) is 13.8 Å². The van der Waals surface area contributed by atoms with E-state index in [2.05, 4.69) is 16.2 Å². The van der Waals surface area contributed by atoms with Crippen LogP contribution >= 0.6 is 12.2 Å². The number of nitrogens with one attached hydrogen (secondary N) is 3. The molecule has 0 heterocycles. The summed E-state index contributed by atoms with van der Waals surface area (Å²) in [5.74, 6) is 0.370. The maximum atomic E-state index is 12.3. The Labute approximate surface area is 175 Å². The van der Waals surface area contributed by atoms with Crippen molar-refractivity contribution < 1.29 is 19.1 Å². The third kappa shape index (κ3) is 7.79. The molecule has 7 nitrogen and oxygen atoms in total. The van der Waals surface area contributed by atoms with Crippen molar-refractivity contribution in [2.75, 3.05) is 13.2 Å². The normalized spacial score (nSPS) is 10.0. The van der Waals surface area contributed by atoms with E-state index < -0.39 is 11.8 Å². The Hall–Kier alpha value is -3.13. The highest BCUT2D eigenvalue weighted by atomic mass is 32.1. The summed E-state index contributed by atoms with van der Waals surface area (Å²) >= 11 is 5.03. The van der Waals surface area contributed by atoms with Crippen LogP contribution in [0.4, 0.5) is 0 Å². The van der Waals surface area contributed by atoms with Crippen molar-refractivity contribution in [1.82, 2.24) is 16.2 Å². The first-order valence-electron chi connectivity index (χ1n) is 9.21. The van der Waals surface area contributed by atoms with Gasteiger partial charge in [-0.15, -0.1) is 0 Å². The van der Waals surface area contributed by atoms with Gasteiger partial charge in [-0.2, -0.15) is 0 Å². The Kier molecular flexibility index (Phi) is 8.42. The average Bonchev–Trinajstić information content (AvgIpc) is 2.68. The van der Waals surface area contributed by atoms with Crippen molar-refractivity contribution in [3.63, 3.8) is 0 Å². The van der Waals surface area contributed by atoms with E-state index in [1.807, 2.05) is 39.0 Å².